The number of fused-ring (bicyclic) bond motifs is 1. The number of nitrogens with one attached hydrogen (secondary N) is 2. The predicted octanol–water partition coefficient (Wildman–Crippen LogP) is 2.69. The predicted molar refractivity (Wildman–Crippen MR) is 110 cm³/mol. The summed E-state index contributed by atoms with van der Waals surface area (Å²) in [5, 5.41) is 17.6. The first-order valence-electron chi connectivity index (χ1n) is 8.99. The highest BCUT2D eigenvalue weighted by Crippen LogP contribution is 2.31. The van der Waals surface area contributed by atoms with Gasteiger partial charge in [0, 0.05) is 42.9 Å². The van der Waals surface area contributed by atoms with Crippen LogP contribution < -0.4 is 9.62 Å². The molecule has 1 aliphatic rings. The van der Waals surface area contributed by atoms with Gasteiger partial charge in [0.1, 0.15) is 0 Å². The number of nitro benzene ring substituents is 1. The van der Waals surface area contributed by atoms with Gasteiger partial charge in [-0.2, -0.15) is 5.10 Å². The summed E-state index contributed by atoms with van der Waals surface area (Å²) in [6, 6.07) is 12.0. The monoisotopic (exact) mass is 427 g/mol. The van der Waals surface area contributed by atoms with E-state index < -0.39 is 14.9 Å². The number of carbonyl (C=O) groups is 1. The quantitative estimate of drug-likeness (QED) is 0.474. The highest BCUT2D eigenvalue weighted by atomic mass is 32.2. The number of hydrogen-bond donors (Lipinski definition) is 2. The van der Waals surface area contributed by atoms with Crippen LogP contribution in [0.4, 0.5) is 17.2 Å². The molecule has 154 valence electrons. The summed E-state index contributed by atoms with van der Waals surface area (Å²) in [6.45, 7) is 1.96. The number of sulfonamides is 1. The zero-order valence-electron chi connectivity index (χ0n) is 15.8. The van der Waals surface area contributed by atoms with E-state index in [1.165, 1.54) is 43.3 Å². The van der Waals surface area contributed by atoms with Crippen LogP contribution in [0.25, 0.3) is 11.3 Å². The molecular formula is C19H17N5O5S. The zero-order chi connectivity index (χ0) is 21.5. The lowest BCUT2D eigenvalue weighted by Gasteiger charge is -2.15. The van der Waals surface area contributed by atoms with Gasteiger partial charge in [-0.25, -0.2) is 8.42 Å². The second-order valence-corrected chi connectivity index (χ2v) is 8.47. The average molecular weight is 427 g/mol. The molecule has 10 nitrogen and oxygen atoms in total. The summed E-state index contributed by atoms with van der Waals surface area (Å²) in [5.74, 6) is -0.106. The minimum Gasteiger partial charge on any atom is -0.312 e. The van der Waals surface area contributed by atoms with E-state index in [9.17, 15) is 23.3 Å². The van der Waals surface area contributed by atoms with Crippen LogP contribution in [0.3, 0.4) is 0 Å². The number of hydrogen-bond acceptors (Lipinski definition) is 6. The van der Waals surface area contributed by atoms with Gasteiger partial charge < -0.3 is 4.90 Å². The van der Waals surface area contributed by atoms with Crippen LogP contribution >= 0.6 is 0 Å². The van der Waals surface area contributed by atoms with Gasteiger partial charge in [0.15, 0.2) is 5.82 Å². The summed E-state index contributed by atoms with van der Waals surface area (Å²) < 4.78 is 28.0. The fourth-order valence-corrected chi connectivity index (χ4v) is 4.37. The number of rotatable bonds is 5. The van der Waals surface area contributed by atoms with E-state index in [1.807, 2.05) is 0 Å². The number of non-ortho nitro benzene ring substituents is 1. The maximum absolute atomic E-state index is 12.8. The Morgan fingerprint density at radius 2 is 2.03 bits per heavy atom. The van der Waals surface area contributed by atoms with Crippen molar-refractivity contribution in [2.24, 2.45) is 0 Å². The smallest absolute Gasteiger partial charge is 0.270 e. The first-order valence-corrected chi connectivity index (χ1v) is 10.5. The van der Waals surface area contributed by atoms with Crippen LogP contribution in [-0.2, 0) is 21.2 Å². The Bertz CT molecular complexity index is 1270. The maximum Gasteiger partial charge on any atom is 0.270 e. The molecule has 0 bridgehead atoms. The van der Waals surface area contributed by atoms with Crippen LogP contribution in [-0.4, -0.2) is 36.0 Å². The zero-order valence-corrected chi connectivity index (χ0v) is 16.6. The molecule has 0 saturated heterocycles. The minimum absolute atomic E-state index is 0.00861. The summed E-state index contributed by atoms with van der Waals surface area (Å²) in [5.41, 5.74) is 2.34. The molecule has 2 N–H and O–H groups in total. The van der Waals surface area contributed by atoms with Gasteiger partial charge in [0.05, 0.1) is 15.5 Å². The Kier molecular flexibility index (Phi) is 4.74. The SMILES string of the molecule is CC(=O)N1CCc2ccc(S(=O)(=O)Nc3cc(-c4cccc([N+](=O)[O-])c4)[nH]n3)cc21. The number of amides is 1. The second kappa shape index (κ2) is 7.26. The molecule has 0 radical (unpaired) electrons. The van der Waals surface area contributed by atoms with Crippen LogP contribution in [0.15, 0.2) is 53.4 Å². The number of H-pyrrole nitrogens is 1. The van der Waals surface area contributed by atoms with Crippen molar-refractivity contribution in [3.8, 4) is 11.3 Å². The molecule has 11 heteroatoms. The summed E-state index contributed by atoms with van der Waals surface area (Å²) >= 11 is 0. The largest absolute Gasteiger partial charge is 0.312 e. The van der Waals surface area contributed by atoms with Gasteiger partial charge in [0.25, 0.3) is 15.7 Å². The third-order valence-electron chi connectivity index (χ3n) is 4.83. The van der Waals surface area contributed by atoms with Crippen LogP contribution in [0, 0.1) is 10.1 Å². The highest BCUT2D eigenvalue weighted by molar-refractivity contribution is 7.92. The first-order chi connectivity index (χ1) is 14.2. The molecule has 0 fully saturated rings. The molecule has 0 saturated carbocycles. The van der Waals surface area contributed by atoms with Crippen molar-refractivity contribution in [1.82, 2.24) is 10.2 Å². The van der Waals surface area contributed by atoms with E-state index in [1.54, 1.807) is 17.0 Å². The third kappa shape index (κ3) is 3.62. The number of aromatic amines is 1. The average Bonchev–Trinajstić information content (AvgIpc) is 3.34. The molecule has 4 rings (SSSR count). The molecule has 0 spiro atoms. The van der Waals surface area contributed by atoms with Crippen molar-refractivity contribution >= 4 is 33.1 Å². The Morgan fingerprint density at radius 3 is 2.77 bits per heavy atom. The number of aromatic nitrogens is 2. The van der Waals surface area contributed by atoms with Crippen molar-refractivity contribution in [3.05, 3.63) is 64.2 Å². The Labute approximate surface area is 171 Å². The minimum atomic E-state index is -3.95. The lowest BCUT2D eigenvalue weighted by molar-refractivity contribution is -0.384. The Hall–Kier alpha value is -3.73. The fraction of sp³-hybridized carbons (Fsp3) is 0.158. The van der Waals surface area contributed by atoms with Crippen LogP contribution in [0.5, 0.6) is 0 Å². The molecular weight excluding hydrogens is 410 g/mol. The number of anilines is 2. The van der Waals surface area contributed by atoms with E-state index in [0.717, 1.165) is 5.56 Å². The summed E-state index contributed by atoms with van der Waals surface area (Å²) in [6.07, 6.45) is 0.675. The highest BCUT2D eigenvalue weighted by Gasteiger charge is 2.25. The molecule has 1 amide bonds. The molecule has 2 aromatic carbocycles. The van der Waals surface area contributed by atoms with Gasteiger partial charge in [-0.05, 0) is 24.1 Å². The molecule has 3 aromatic rings. The van der Waals surface area contributed by atoms with Crippen molar-refractivity contribution in [2.45, 2.75) is 18.2 Å². The standard InChI is InChI=1S/C19H17N5O5S/c1-12(25)23-8-7-13-5-6-16(10-18(13)23)30(28,29)22-19-11-17(20-21-19)14-3-2-4-15(9-14)24(26)27/h2-6,9-11H,7-8H2,1H3,(H2,20,21,22). The first kappa shape index (κ1) is 19.6. The van der Waals surface area contributed by atoms with Gasteiger partial charge in [-0.3, -0.25) is 24.7 Å². The molecule has 1 aliphatic heterocycles. The topological polar surface area (TPSA) is 138 Å². The molecule has 0 atom stereocenters. The van der Waals surface area contributed by atoms with Crippen molar-refractivity contribution in [2.75, 3.05) is 16.2 Å². The van der Waals surface area contributed by atoms with E-state index in [4.69, 9.17) is 0 Å². The van der Waals surface area contributed by atoms with Crippen LogP contribution in [0.2, 0.25) is 0 Å². The summed E-state index contributed by atoms with van der Waals surface area (Å²) in [4.78, 5) is 23.8. The third-order valence-corrected chi connectivity index (χ3v) is 6.18. The maximum atomic E-state index is 12.8. The number of nitro groups is 1. The molecule has 1 aromatic heterocycles. The number of carbonyl (C=O) groups excluding carboxylic acids is 1. The van der Waals surface area contributed by atoms with Gasteiger partial charge in [0.2, 0.25) is 5.91 Å². The molecule has 2 heterocycles. The molecule has 30 heavy (non-hydrogen) atoms. The van der Waals surface area contributed by atoms with Gasteiger partial charge in [-0.15, -0.1) is 0 Å². The Morgan fingerprint density at radius 1 is 1.23 bits per heavy atom. The van der Waals surface area contributed by atoms with E-state index in [-0.39, 0.29) is 22.3 Å². The van der Waals surface area contributed by atoms with Gasteiger partial charge >= 0.3 is 0 Å². The lowest BCUT2D eigenvalue weighted by atomic mass is 10.1. The van der Waals surface area contributed by atoms with Gasteiger partial charge in [-0.1, -0.05) is 18.2 Å². The van der Waals surface area contributed by atoms with E-state index in [0.29, 0.717) is 29.9 Å². The lowest BCUT2D eigenvalue weighted by Crippen LogP contribution is -2.26. The molecule has 0 unspecified atom stereocenters. The number of nitrogens with zero attached hydrogens (tertiary/aromatic N) is 3. The van der Waals surface area contributed by atoms with Crippen molar-refractivity contribution < 1.29 is 18.1 Å². The molecule has 0 aliphatic carbocycles. The van der Waals surface area contributed by atoms with Crippen molar-refractivity contribution in [1.29, 1.82) is 0 Å². The van der Waals surface area contributed by atoms with E-state index in [2.05, 4.69) is 14.9 Å². The van der Waals surface area contributed by atoms with Crippen molar-refractivity contribution in [3.63, 3.8) is 0 Å². The normalized spacial score (nSPS) is 13.2. The van der Waals surface area contributed by atoms with Crippen LogP contribution in [0.1, 0.15) is 12.5 Å². The van der Waals surface area contributed by atoms with E-state index >= 15 is 0 Å². The second-order valence-electron chi connectivity index (χ2n) is 6.79. The Balaban J connectivity index is 1.60. The summed E-state index contributed by atoms with van der Waals surface area (Å²) in [7, 11) is -3.95. The fourth-order valence-electron chi connectivity index (χ4n) is 3.36. The number of benzene rings is 2.